The van der Waals surface area contributed by atoms with Crippen LogP contribution in [0.5, 0.6) is 0 Å². The molecule has 1 unspecified atom stereocenters. The number of rotatable bonds is 6. The Bertz CT molecular complexity index is 987. The van der Waals surface area contributed by atoms with Gasteiger partial charge in [-0.15, -0.1) is 11.3 Å². The first-order valence-electron chi connectivity index (χ1n) is 9.18. The second kappa shape index (κ2) is 8.05. The lowest BCUT2D eigenvalue weighted by molar-refractivity contribution is -0.122. The highest BCUT2D eigenvalue weighted by Crippen LogP contribution is 2.24. The molecule has 1 aromatic carbocycles. The van der Waals surface area contributed by atoms with Crippen LogP contribution in [-0.4, -0.2) is 15.5 Å². The zero-order valence-corrected chi connectivity index (χ0v) is 16.9. The van der Waals surface area contributed by atoms with E-state index in [2.05, 4.69) is 62.3 Å². The third-order valence-corrected chi connectivity index (χ3v) is 5.53. The van der Waals surface area contributed by atoms with Gasteiger partial charge in [0.25, 0.3) is 5.56 Å². The van der Waals surface area contributed by atoms with Gasteiger partial charge >= 0.3 is 0 Å². The smallest absolute Gasteiger partial charge is 0.262 e. The number of aromatic nitrogens is 2. The third-order valence-electron chi connectivity index (χ3n) is 4.71. The van der Waals surface area contributed by atoms with Gasteiger partial charge in [-0.3, -0.25) is 14.2 Å². The summed E-state index contributed by atoms with van der Waals surface area (Å²) in [6.07, 6.45) is 1.45. The maximum Gasteiger partial charge on any atom is 0.262 e. The lowest BCUT2D eigenvalue weighted by Gasteiger charge is -2.23. The molecule has 1 N–H and O–H groups in total. The average Bonchev–Trinajstić information content (AvgIpc) is 3.11. The summed E-state index contributed by atoms with van der Waals surface area (Å²) in [4.78, 5) is 30.0. The van der Waals surface area contributed by atoms with Crippen LogP contribution >= 0.6 is 11.3 Å². The predicted octanol–water partition coefficient (Wildman–Crippen LogP) is 4.09. The summed E-state index contributed by atoms with van der Waals surface area (Å²) in [6.45, 7) is 8.43. The standard InChI is InChI=1S/C21H25N3O2S/c1-13(2)15-5-7-16(8-6-15)19(14(3)4)23-18(25)11-24-12-22-20-17(21(24)26)9-10-27-20/h5-10,12-14,19H,11H2,1-4H3,(H,23,25). The molecule has 0 aliphatic carbocycles. The molecule has 27 heavy (non-hydrogen) atoms. The first-order chi connectivity index (χ1) is 12.9. The van der Waals surface area contributed by atoms with Crippen molar-refractivity contribution in [2.75, 3.05) is 0 Å². The third kappa shape index (κ3) is 4.27. The molecule has 0 aliphatic rings. The van der Waals surface area contributed by atoms with Gasteiger partial charge < -0.3 is 5.32 Å². The topological polar surface area (TPSA) is 64.0 Å². The molecule has 2 aromatic heterocycles. The van der Waals surface area contributed by atoms with Gasteiger partial charge in [0.2, 0.25) is 5.91 Å². The van der Waals surface area contributed by atoms with Crippen LogP contribution in [0.15, 0.2) is 46.8 Å². The highest BCUT2D eigenvalue weighted by molar-refractivity contribution is 7.16. The second-order valence-corrected chi connectivity index (χ2v) is 8.32. The Labute approximate surface area is 163 Å². The van der Waals surface area contributed by atoms with Crippen LogP contribution in [0, 0.1) is 5.92 Å². The number of carbonyl (C=O) groups excluding carboxylic acids is 1. The SMILES string of the molecule is CC(C)c1ccc(C(NC(=O)Cn2cnc3sccc3c2=O)C(C)C)cc1. The summed E-state index contributed by atoms with van der Waals surface area (Å²) in [5.74, 6) is 0.505. The molecule has 0 saturated heterocycles. The monoisotopic (exact) mass is 383 g/mol. The molecular formula is C21H25N3O2S. The van der Waals surface area contributed by atoms with Gasteiger partial charge in [0, 0.05) is 0 Å². The van der Waals surface area contributed by atoms with E-state index < -0.39 is 0 Å². The number of nitrogens with one attached hydrogen (secondary N) is 1. The molecule has 0 fully saturated rings. The fourth-order valence-corrected chi connectivity index (χ4v) is 3.83. The Morgan fingerprint density at radius 3 is 2.41 bits per heavy atom. The van der Waals surface area contributed by atoms with Gasteiger partial charge in [0.1, 0.15) is 11.4 Å². The van der Waals surface area contributed by atoms with Crippen molar-refractivity contribution < 1.29 is 4.79 Å². The largest absolute Gasteiger partial charge is 0.347 e. The average molecular weight is 384 g/mol. The molecule has 6 heteroatoms. The Morgan fingerprint density at radius 2 is 1.78 bits per heavy atom. The minimum Gasteiger partial charge on any atom is -0.347 e. The van der Waals surface area contributed by atoms with Gasteiger partial charge in [-0.05, 0) is 34.4 Å². The van der Waals surface area contributed by atoms with Gasteiger partial charge in [-0.25, -0.2) is 4.98 Å². The molecule has 0 radical (unpaired) electrons. The van der Waals surface area contributed by atoms with E-state index in [-0.39, 0.29) is 30.0 Å². The highest BCUT2D eigenvalue weighted by Gasteiger charge is 2.19. The van der Waals surface area contributed by atoms with Crippen molar-refractivity contribution in [2.45, 2.75) is 46.2 Å². The van der Waals surface area contributed by atoms with E-state index in [0.717, 1.165) is 5.56 Å². The molecule has 3 rings (SSSR count). The van der Waals surface area contributed by atoms with Crippen molar-refractivity contribution in [1.29, 1.82) is 0 Å². The molecule has 142 valence electrons. The fraction of sp³-hybridized carbons (Fsp3) is 0.381. The van der Waals surface area contributed by atoms with Crippen LogP contribution < -0.4 is 10.9 Å². The van der Waals surface area contributed by atoms with Crippen molar-refractivity contribution >= 4 is 27.5 Å². The first kappa shape index (κ1) is 19.3. The van der Waals surface area contributed by atoms with Crippen LogP contribution in [0.4, 0.5) is 0 Å². The van der Waals surface area contributed by atoms with Gasteiger partial charge in [0.15, 0.2) is 0 Å². The number of amides is 1. The maximum absolute atomic E-state index is 12.6. The molecule has 0 spiro atoms. The van der Waals surface area contributed by atoms with E-state index >= 15 is 0 Å². The summed E-state index contributed by atoms with van der Waals surface area (Å²) in [5, 5.41) is 5.46. The molecule has 5 nitrogen and oxygen atoms in total. The normalized spacial score (nSPS) is 12.7. The molecule has 0 aliphatic heterocycles. The Kier molecular flexibility index (Phi) is 5.75. The van der Waals surface area contributed by atoms with E-state index in [4.69, 9.17) is 0 Å². The minimum absolute atomic E-state index is 0.0368. The minimum atomic E-state index is -0.194. The van der Waals surface area contributed by atoms with Gasteiger partial charge in [0.05, 0.1) is 17.8 Å². The van der Waals surface area contributed by atoms with E-state index in [1.54, 1.807) is 6.07 Å². The molecule has 1 amide bonds. The number of fused-ring (bicyclic) bond motifs is 1. The number of nitrogens with zero attached hydrogens (tertiary/aromatic N) is 2. The van der Waals surface area contributed by atoms with Crippen molar-refractivity contribution in [1.82, 2.24) is 14.9 Å². The van der Waals surface area contributed by atoms with Crippen LogP contribution in [0.3, 0.4) is 0 Å². The number of hydrogen-bond acceptors (Lipinski definition) is 4. The van der Waals surface area contributed by atoms with Crippen LogP contribution in [0.25, 0.3) is 10.2 Å². The molecule has 0 bridgehead atoms. The number of hydrogen-bond donors (Lipinski definition) is 1. The Hall–Kier alpha value is -2.47. The molecule has 2 heterocycles. The number of benzene rings is 1. The van der Waals surface area contributed by atoms with Crippen molar-refractivity contribution in [3.8, 4) is 0 Å². The zero-order valence-electron chi connectivity index (χ0n) is 16.1. The summed E-state index contributed by atoms with van der Waals surface area (Å²) >= 11 is 1.42. The quantitative estimate of drug-likeness (QED) is 0.697. The number of carbonyl (C=O) groups is 1. The maximum atomic E-state index is 12.6. The van der Waals surface area contributed by atoms with Crippen LogP contribution in [-0.2, 0) is 11.3 Å². The van der Waals surface area contributed by atoms with E-state index in [1.807, 2.05) is 5.38 Å². The van der Waals surface area contributed by atoms with E-state index in [9.17, 15) is 9.59 Å². The van der Waals surface area contributed by atoms with Crippen LogP contribution in [0.2, 0.25) is 0 Å². The zero-order chi connectivity index (χ0) is 19.6. The molecular weight excluding hydrogens is 358 g/mol. The molecule has 3 aromatic rings. The van der Waals surface area contributed by atoms with Gasteiger partial charge in [-0.2, -0.15) is 0 Å². The lowest BCUT2D eigenvalue weighted by Crippen LogP contribution is -2.36. The summed E-state index contributed by atoms with van der Waals surface area (Å²) in [5.41, 5.74) is 2.16. The number of thiophene rings is 1. The summed E-state index contributed by atoms with van der Waals surface area (Å²) in [6, 6.07) is 10.0. The van der Waals surface area contributed by atoms with E-state index in [1.165, 1.54) is 27.8 Å². The van der Waals surface area contributed by atoms with E-state index in [0.29, 0.717) is 16.1 Å². The highest BCUT2D eigenvalue weighted by atomic mass is 32.1. The predicted molar refractivity (Wildman–Crippen MR) is 110 cm³/mol. The summed E-state index contributed by atoms with van der Waals surface area (Å²) < 4.78 is 1.36. The van der Waals surface area contributed by atoms with Gasteiger partial charge in [-0.1, -0.05) is 52.0 Å². The lowest BCUT2D eigenvalue weighted by atomic mass is 9.93. The second-order valence-electron chi connectivity index (χ2n) is 7.43. The molecule has 1 atom stereocenters. The van der Waals surface area contributed by atoms with Crippen LogP contribution in [0.1, 0.15) is 50.8 Å². The van der Waals surface area contributed by atoms with Crippen molar-refractivity contribution in [3.05, 3.63) is 63.5 Å². The Balaban J connectivity index is 1.76. The summed E-state index contributed by atoms with van der Waals surface area (Å²) in [7, 11) is 0. The molecule has 0 saturated carbocycles. The van der Waals surface area contributed by atoms with Crippen molar-refractivity contribution in [3.63, 3.8) is 0 Å². The Morgan fingerprint density at radius 1 is 1.11 bits per heavy atom. The van der Waals surface area contributed by atoms with Crippen molar-refractivity contribution in [2.24, 2.45) is 5.92 Å². The first-order valence-corrected chi connectivity index (χ1v) is 10.1. The fourth-order valence-electron chi connectivity index (χ4n) is 3.10.